The van der Waals surface area contributed by atoms with Crippen LogP contribution in [0.2, 0.25) is 0 Å². The molecule has 0 aliphatic carbocycles. The van der Waals surface area contributed by atoms with Crippen molar-refractivity contribution in [2.24, 2.45) is 5.92 Å². The van der Waals surface area contributed by atoms with Crippen molar-refractivity contribution in [2.75, 3.05) is 5.32 Å². The van der Waals surface area contributed by atoms with Gasteiger partial charge in [0.15, 0.2) is 0 Å². The van der Waals surface area contributed by atoms with E-state index in [0.717, 1.165) is 17.3 Å². The van der Waals surface area contributed by atoms with E-state index < -0.39 is 17.9 Å². The lowest BCUT2D eigenvalue weighted by Crippen LogP contribution is -2.38. The molecule has 0 saturated carbocycles. The van der Waals surface area contributed by atoms with Crippen LogP contribution in [-0.4, -0.2) is 23.0 Å². The minimum Gasteiger partial charge on any atom is -0.480 e. The van der Waals surface area contributed by atoms with E-state index >= 15 is 0 Å². The molecule has 0 heterocycles. The van der Waals surface area contributed by atoms with Gasteiger partial charge in [-0.3, -0.25) is 4.79 Å². The number of aliphatic carboxylic acids is 1. The molecule has 3 N–H and O–H groups in total. The Morgan fingerprint density at radius 3 is 2.48 bits per heavy atom. The van der Waals surface area contributed by atoms with Crippen LogP contribution in [0.1, 0.15) is 25.0 Å². The van der Waals surface area contributed by atoms with Gasteiger partial charge >= 0.3 is 5.97 Å². The maximum absolute atomic E-state index is 12.2. The van der Waals surface area contributed by atoms with E-state index in [1.54, 1.807) is 26.0 Å². The Morgan fingerprint density at radius 2 is 1.96 bits per heavy atom. The Morgan fingerprint density at radius 1 is 1.30 bits per heavy atom. The SMILES string of the molecule is Cc1cccc(NC(=O)/C(C#N)=C\NC(C(=O)O)C(C)C)c1C. The van der Waals surface area contributed by atoms with Crippen LogP contribution in [-0.2, 0) is 9.59 Å². The van der Waals surface area contributed by atoms with Gasteiger partial charge in [0.05, 0.1) is 0 Å². The number of hydrogen-bond donors (Lipinski definition) is 3. The number of rotatable bonds is 6. The first-order valence-electron chi connectivity index (χ1n) is 7.24. The molecule has 1 amide bonds. The minimum absolute atomic E-state index is 0.183. The molecule has 1 aromatic carbocycles. The van der Waals surface area contributed by atoms with Crippen LogP contribution in [0.3, 0.4) is 0 Å². The molecule has 1 atom stereocenters. The molecule has 1 rings (SSSR count). The van der Waals surface area contributed by atoms with Crippen LogP contribution in [0.5, 0.6) is 0 Å². The average molecular weight is 315 g/mol. The highest BCUT2D eigenvalue weighted by molar-refractivity contribution is 6.06. The van der Waals surface area contributed by atoms with Crippen LogP contribution in [0.15, 0.2) is 30.0 Å². The van der Waals surface area contributed by atoms with Crippen molar-refractivity contribution in [3.8, 4) is 6.07 Å². The maximum Gasteiger partial charge on any atom is 0.326 e. The first-order chi connectivity index (χ1) is 10.8. The molecular formula is C17H21N3O3. The van der Waals surface area contributed by atoms with Crippen molar-refractivity contribution in [2.45, 2.75) is 33.7 Å². The highest BCUT2D eigenvalue weighted by atomic mass is 16.4. The van der Waals surface area contributed by atoms with Crippen molar-refractivity contribution in [1.29, 1.82) is 5.26 Å². The van der Waals surface area contributed by atoms with Crippen molar-refractivity contribution in [3.05, 3.63) is 41.1 Å². The van der Waals surface area contributed by atoms with E-state index in [1.165, 1.54) is 0 Å². The van der Waals surface area contributed by atoms with Crippen LogP contribution < -0.4 is 10.6 Å². The van der Waals surface area contributed by atoms with Gasteiger partial charge in [0.2, 0.25) is 0 Å². The van der Waals surface area contributed by atoms with Gasteiger partial charge in [0.1, 0.15) is 17.7 Å². The lowest BCUT2D eigenvalue weighted by molar-refractivity contribution is -0.140. The monoisotopic (exact) mass is 315 g/mol. The summed E-state index contributed by atoms with van der Waals surface area (Å²) in [5, 5.41) is 23.5. The van der Waals surface area contributed by atoms with Crippen LogP contribution >= 0.6 is 0 Å². The second-order valence-electron chi connectivity index (χ2n) is 5.60. The number of carboxylic acid groups (broad SMARTS) is 1. The van der Waals surface area contributed by atoms with Crippen molar-refractivity contribution >= 4 is 17.6 Å². The fraction of sp³-hybridized carbons (Fsp3) is 0.353. The Balaban J connectivity index is 2.91. The Bertz CT molecular complexity index is 672. The zero-order valence-corrected chi connectivity index (χ0v) is 13.7. The van der Waals surface area contributed by atoms with Crippen LogP contribution in [0.25, 0.3) is 0 Å². The first kappa shape index (κ1) is 18.2. The molecule has 23 heavy (non-hydrogen) atoms. The molecule has 1 aromatic rings. The topological polar surface area (TPSA) is 102 Å². The Labute approximate surface area is 135 Å². The number of aryl methyl sites for hydroxylation is 1. The van der Waals surface area contributed by atoms with Crippen LogP contribution in [0, 0.1) is 31.1 Å². The fourth-order valence-electron chi connectivity index (χ4n) is 1.95. The van der Waals surface area contributed by atoms with Crippen molar-refractivity contribution in [3.63, 3.8) is 0 Å². The third-order valence-electron chi connectivity index (χ3n) is 3.56. The highest BCUT2D eigenvalue weighted by Crippen LogP contribution is 2.18. The predicted octanol–water partition coefficient (Wildman–Crippen LogP) is 2.35. The quantitative estimate of drug-likeness (QED) is 0.552. The zero-order chi connectivity index (χ0) is 17.6. The summed E-state index contributed by atoms with van der Waals surface area (Å²) in [6.45, 7) is 7.27. The smallest absolute Gasteiger partial charge is 0.326 e. The number of nitriles is 1. The lowest BCUT2D eigenvalue weighted by atomic mass is 10.1. The molecule has 0 saturated heterocycles. The normalized spacial score (nSPS) is 12.4. The van der Waals surface area contributed by atoms with Gasteiger partial charge in [0.25, 0.3) is 5.91 Å². The van der Waals surface area contributed by atoms with E-state index in [2.05, 4.69) is 10.6 Å². The molecular weight excluding hydrogens is 294 g/mol. The molecule has 6 heteroatoms. The van der Waals surface area contributed by atoms with E-state index in [4.69, 9.17) is 10.4 Å². The van der Waals surface area contributed by atoms with Gasteiger partial charge in [-0.15, -0.1) is 0 Å². The van der Waals surface area contributed by atoms with E-state index in [9.17, 15) is 9.59 Å². The Kier molecular flexibility index (Phi) is 6.34. The third-order valence-corrected chi connectivity index (χ3v) is 3.56. The van der Waals surface area contributed by atoms with E-state index in [0.29, 0.717) is 5.69 Å². The van der Waals surface area contributed by atoms with Crippen molar-refractivity contribution < 1.29 is 14.7 Å². The van der Waals surface area contributed by atoms with Gasteiger partial charge in [-0.25, -0.2) is 4.79 Å². The molecule has 0 radical (unpaired) electrons. The summed E-state index contributed by atoms with van der Waals surface area (Å²) >= 11 is 0. The summed E-state index contributed by atoms with van der Waals surface area (Å²) in [4.78, 5) is 23.3. The summed E-state index contributed by atoms with van der Waals surface area (Å²) in [6, 6.07) is 6.40. The molecule has 0 bridgehead atoms. The second kappa shape index (κ2) is 7.99. The minimum atomic E-state index is -1.04. The highest BCUT2D eigenvalue weighted by Gasteiger charge is 2.20. The zero-order valence-electron chi connectivity index (χ0n) is 13.7. The summed E-state index contributed by atoms with van der Waals surface area (Å²) in [7, 11) is 0. The number of carboxylic acids is 1. The number of carbonyl (C=O) groups is 2. The molecule has 6 nitrogen and oxygen atoms in total. The molecule has 1 unspecified atom stereocenters. The van der Waals surface area contributed by atoms with Crippen molar-refractivity contribution in [1.82, 2.24) is 5.32 Å². The third kappa shape index (κ3) is 4.85. The largest absolute Gasteiger partial charge is 0.480 e. The standard InChI is InChI=1S/C17H21N3O3/c1-10(2)15(17(22)23)19-9-13(8-18)16(21)20-14-7-5-6-11(3)12(14)4/h5-7,9-10,15,19H,1-4H3,(H,20,21)(H,22,23)/b13-9-. The molecule has 0 fully saturated rings. The number of nitrogens with one attached hydrogen (secondary N) is 2. The summed E-state index contributed by atoms with van der Waals surface area (Å²) in [5.74, 6) is -1.81. The van der Waals surface area contributed by atoms with Gasteiger partial charge < -0.3 is 15.7 Å². The predicted molar refractivity (Wildman–Crippen MR) is 87.6 cm³/mol. The fourth-order valence-corrected chi connectivity index (χ4v) is 1.95. The average Bonchev–Trinajstić information content (AvgIpc) is 2.47. The van der Waals surface area contributed by atoms with Gasteiger partial charge in [-0.1, -0.05) is 26.0 Å². The summed E-state index contributed by atoms with van der Waals surface area (Å²) in [5.41, 5.74) is 2.37. The Hall–Kier alpha value is -2.81. The van der Waals surface area contributed by atoms with Gasteiger partial charge in [-0.05, 0) is 37.0 Å². The number of benzene rings is 1. The maximum atomic E-state index is 12.2. The molecule has 0 aliphatic rings. The van der Waals surface area contributed by atoms with Gasteiger partial charge in [0, 0.05) is 11.9 Å². The van der Waals surface area contributed by atoms with E-state index in [-0.39, 0.29) is 11.5 Å². The molecule has 122 valence electrons. The number of nitrogens with zero attached hydrogens (tertiary/aromatic N) is 1. The number of amides is 1. The number of carbonyl (C=O) groups excluding carboxylic acids is 1. The number of anilines is 1. The second-order valence-corrected chi connectivity index (χ2v) is 5.60. The summed E-state index contributed by atoms with van der Waals surface area (Å²) in [6.07, 6.45) is 1.15. The first-order valence-corrected chi connectivity index (χ1v) is 7.24. The molecule has 0 aliphatic heterocycles. The lowest BCUT2D eigenvalue weighted by Gasteiger charge is -2.16. The molecule has 0 spiro atoms. The van der Waals surface area contributed by atoms with E-state index in [1.807, 2.05) is 26.0 Å². The molecule has 0 aromatic heterocycles. The summed E-state index contributed by atoms with van der Waals surface area (Å²) < 4.78 is 0. The van der Waals surface area contributed by atoms with Crippen LogP contribution in [0.4, 0.5) is 5.69 Å². The number of hydrogen-bond acceptors (Lipinski definition) is 4. The van der Waals surface area contributed by atoms with Gasteiger partial charge in [-0.2, -0.15) is 5.26 Å².